The van der Waals surface area contributed by atoms with Gasteiger partial charge in [0, 0.05) is 19.0 Å². The maximum absolute atomic E-state index is 13.5. The zero-order valence-corrected chi connectivity index (χ0v) is 9.87. The van der Waals surface area contributed by atoms with Crippen LogP contribution in [-0.4, -0.2) is 18.5 Å². The number of hydrogen-bond donors (Lipinski definition) is 2. The zero-order chi connectivity index (χ0) is 13.0. The highest BCUT2D eigenvalue weighted by molar-refractivity contribution is 5.91. The Morgan fingerprint density at radius 2 is 2.28 bits per heavy atom. The summed E-state index contributed by atoms with van der Waals surface area (Å²) in [6, 6.07) is 6.38. The summed E-state index contributed by atoms with van der Waals surface area (Å²) >= 11 is 0. The van der Waals surface area contributed by atoms with Gasteiger partial charge in [-0.15, -0.1) is 0 Å². The molecule has 0 atom stereocenters. The van der Waals surface area contributed by atoms with E-state index in [0.717, 1.165) is 6.07 Å². The Balaban J connectivity index is 1.84. The minimum Gasteiger partial charge on any atom is -0.324 e. The molecule has 0 aliphatic heterocycles. The van der Waals surface area contributed by atoms with Crippen molar-refractivity contribution in [3.63, 3.8) is 0 Å². The van der Waals surface area contributed by atoms with E-state index in [9.17, 15) is 9.18 Å². The third kappa shape index (κ3) is 3.54. The van der Waals surface area contributed by atoms with Crippen molar-refractivity contribution in [2.24, 2.45) is 0 Å². The van der Waals surface area contributed by atoms with Gasteiger partial charge in [0.2, 0.25) is 5.91 Å². The van der Waals surface area contributed by atoms with E-state index in [1.807, 2.05) is 6.07 Å². The quantitative estimate of drug-likeness (QED) is 0.833. The average molecular weight is 247 g/mol. The first-order valence-corrected chi connectivity index (χ1v) is 5.92. The summed E-state index contributed by atoms with van der Waals surface area (Å²) in [7, 11) is 0. The molecular formula is C13H14FN3O. The van der Waals surface area contributed by atoms with Gasteiger partial charge in [-0.2, -0.15) is 5.26 Å². The monoisotopic (exact) mass is 247 g/mol. The molecule has 0 bridgehead atoms. The van der Waals surface area contributed by atoms with Crippen LogP contribution in [0.25, 0.3) is 0 Å². The van der Waals surface area contributed by atoms with Gasteiger partial charge in [-0.3, -0.25) is 4.79 Å². The van der Waals surface area contributed by atoms with Crippen LogP contribution >= 0.6 is 0 Å². The average Bonchev–Trinajstić information content (AvgIpc) is 3.16. The molecular weight excluding hydrogens is 233 g/mol. The van der Waals surface area contributed by atoms with E-state index in [1.165, 1.54) is 25.0 Å². The first-order chi connectivity index (χ1) is 8.69. The Bertz CT molecular complexity index is 491. The van der Waals surface area contributed by atoms with Crippen molar-refractivity contribution in [1.82, 2.24) is 5.32 Å². The lowest BCUT2D eigenvalue weighted by Crippen LogP contribution is -2.23. The van der Waals surface area contributed by atoms with Crippen LogP contribution in [0.4, 0.5) is 10.1 Å². The number of anilines is 1. The van der Waals surface area contributed by atoms with Crippen molar-refractivity contribution in [2.75, 3.05) is 11.9 Å². The summed E-state index contributed by atoms with van der Waals surface area (Å²) < 4.78 is 13.5. The van der Waals surface area contributed by atoms with E-state index >= 15 is 0 Å². The van der Waals surface area contributed by atoms with Gasteiger partial charge in [0.25, 0.3) is 0 Å². The second-order valence-electron chi connectivity index (χ2n) is 4.33. The van der Waals surface area contributed by atoms with E-state index in [2.05, 4.69) is 10.6 Å². The van der Waals surface area contributed by atoms with Crippen LogP contribution in [0.1, 0.15) is 24.8 Å². The molecule has 1 amide bonds. The Hall–Kier alpha value is -1.93. The molecule has 94 valence electrons. The van der Waals surface area contributed by atoms with Crippen molar-refractivity contribution < 1.29 is 9.18 Å². The number of rotatable bonds is 5. The Kier molecular flexibility index (Phi) is 3.90. The maximum Gasteiger partial charge on any atom is 0.225 e. The number of halogens is 1. The lowest BCUT2D eigenvalue weighted by Gasteiger charge is -2.07. The van der Waals surface area contributed by atoms with E-state index in [0.29, 0.717) is 19.0 Å². The van der Waals surface area contributed by atoms with Crippen molar-refractivity contribution in [1.29, 1.82) is 5.26 Å². The molecule has 4 nitrogen and oxygen atoms in total. The predicted molar refractivity (Wildman–Crippen MR) is 65.4 cm³/mol. The first-order valence-electron chi connectivity index (χ1n) is 5.92. The molecule has 2 rings (SSSR count). The third-order valence-corrected chi connectivity index (χ3v) is 2.73. The number of nitrogens with one attached hydrogen (secondary N) is 2. The minimum atomic E-state index is -0.586. The highest BCUT2D eigenvalue weighted by Gasteiger charge is 2.20. The number of nitriles is 1. The molecule has 1 aromatic rings. The van der Waals surface area contributed by atoms with Crippen LogP contribution in [-0.2, 0) is 4.79 Å². The largest absolute Gasteiger partial charge is 0.324 e. The molecule has 0 aromatic heterocycles. The molecule has 0 spiro atoms. The highest BCUT2D eigenvalue weighted by atomic mass is 19.1. The molecule has 18 heavy (non-hydrogen) atoms. The molecule has 2 N–H and O–H groups in total. The van der Waals surface area contributed by atoms with Crippen LogP contribution in [0.2, 0.25) is 0 Å². The van der Waals surface area contributed by atoms with Gasteiger partial charge in [-0.25, -0.2) is 4.39 Å². The van der Waals surface area contributed by atoms with E-state index in [-0.39, 0.29) is 17.2 Å². The second kappa shape index (κ2) is 5.61. The molecule has 0 saturated heterocycles. The van der Waals surface area contributed by atoms with Crippen molar-refractivity contribution in [3.05, 3.63) is 29.6 Å². The summed E-state index contributed by atoms with van der Waals surface area (Å²) in [5.41, 5.74) is 0.353. The van der Waals surface area contributed by atoms with Crippen molar-refractivity contribution in [3.8, 4) is 6.07 Å². The molecule has 0 radical (unpaired) electrons. The number of amides is 1. The summed E-state index contributed by atoms with van der Waals surface area (Å²) in [4.78, 5) is 11.5. The van der Waals surface area contributed by atoms with E-state index in [1.54, 1.807) is 0 Å². The molecule has 1 aliphatic carbocycles. The van der Waals surface area contributed by atoms with Crippen LogP contribution < -0.4 is 10.6 Å². The Labute approximate surface area is 105 Å². The number of nitrogens with zero attached hydrogens (tertiary/aromatic N) is 1. The molecule has 1 saturated carbocycles. The smallest absolute Gasteiger partial charge is 0.225 e. The van der Waals surface area contributed by atoms with Crippen LogP contribution in [0.3, 0.4) is 0 Å². The van der Waals surface area contributed by atoms with Gasteiger partial charge in [-0.05, 0) is 31.0 Å². The predicted octanol–water partition coefficient (Wildman–Crippen LogP) is 1.78. The van der Waals surface area contributed by atoms with Crippen molar-refractivity contribution in [2.45, 2.75) is 25.3 Å². The molecule has 1 aliphatic rings. The molecule has 5 heteroatoms. The standard InChI is InChI=1S/C13H14FN3O/c14-11-7-9(8-15)1-4-12(11)17-13(18)5-6-16-10-2-3-10/h1,4,7,10,16H,2-3,5-6H2,(H,17,18). The summed E-state index contributed by atoms with van der Waals surface area (Å²) in [5.74, 6) is -0.815. The zero-order valence-electron chi connectivity index (χ0n) is 9.87. The molecule has 1 fully saturated rings. The summed E-state index contributed by atoms with van der Waals surface area (Å²) in [6.45, 7) is 0.606. The van der Waals surface area contributed by atoms with Gasteiger partial charge in [-0.1, -0.05) is 0 Å². The second-order valence-corrected chi connectivity index (χ2v) is 4.33. The van der Waals surface area contributed by atoms with Gasteiger partial charge < -0.3 is 10.6 Å². The summed E-state index contributed by atoms with van der Waals surface area (Å²) in [6.07, 6.45) is 2.66. The van der Waals surface area contributed by atoms with Crippen LogP contribution in [0.15, 0.2) is 18.2 Å². The lowest BCUT2D eigenvalue weighted by molar-refractivity contribution is -0.116. The summed E-state index contributed by atoms with van der Waals surface area (Å²) in [5, 5.41) is 14.3. The fourth-order valence-corrected chi connectivity index (χ4v) is 1.58. The van der Waals surface area contributed by atoms with Crippen LogP contribution in [0, 0.1) is 17.1 Å². The Morgan fingerprint density at radius 1 is 1.50 bits per heavy atom. The topological polar surface area (TPSA) is 64.9 Å². The lowest BCUT2D eigenvalue weighted by atomic mass is 10.2. The van der Waals surface area contributed by atoms with E-state index < -0.39 is 5.82 Å². The minimum absolute atomic E-state index is 0.116. The molecule has 1 aromatic carbocycles. The van der Waals surface area contributed by atoms with Gasteiger partial charge in [0.05, 0.1) is 17.3 Å². The van der Waals surface area contributed by atoms with Gasteiger partial charge >= 0.3 is 0 Å². The SMILES string of the molecule is N#Cc1ccc(NC(=O)CCNC2CC2)c(F)c1. The number of benzene rings is 1. The Morgan fingerprint density at radius 3 is 2.89 bits per heavy atom. The van der Waals surface area contributed by atoms with Gasteiger partial charge in [0.15, 0.2) is 0 Å². The first kappa shape index (κ1) is 12.5. The molecule has 0 unspecified atom stereocenters. The van der Waals surface area contributed by atoms with E-state index in [4.69, 9.17) is 5.26 Å². The fourth-order valence-electron chi connectivity index (χ4n) is 1.58. The normalized spacial score (nSPS) is 14.0. The number of hydrogen-bond acceptors (Lipinski definition) is 3. The van der Waals surface area contributed by atoms with Crippen molar-refractivity contribution >= 4 is 11.6 Å². The maximum atomic E-state index is 13.5. The fraction of sp³-hybridized carbons (Fsp3) is 0.385. The highest BCUT2D eigenvalue weighted by Crippen LogP contribution is 2.18. The molecule has 0 heterocycles. The number of carbonyl (C=O) groups is 1. The van der Waals surface area contributed by atoms with Gasteiger partial charge in [0.1, 0.15) is 5.82 Å². The number of carbonyl (C=O) groups excluding carboxylic acids is 1. The third-order valence-electron chi connectivity index (χ3n) is 2.73. The van der Waals surface area contributed by atoms with Crippen LogP contribution in [0.5, 0.6) is 0 Å².